The Labute approximate surface area is 266 Å². The van der Waals surface area contributed by atoms with Gasteiger partial charge in [0, 0.05) is 34.7 Å². The first-order valence-corrected chi connectivity index (χ1v) is 13.5. The summed E-state index contributed by atoms with van der Waals surface area (Å²) < 4.78 is 15.9. The van der Waals surface area contributed by atoms with Gasteiger partial charge >= 0.3 is 35.5 Å². The molecule has 0 radical (unpaired) electrons. The van der Waals surface area contributed by atoms with Crippen LogP contribution in [0.25, 0.3) is 22.4 Å². The zero-order valence-electron chi connectivity index (χ0n) is 23.0. The van der Waals surface area contributed by atoms with Crippen molar-refractivity contribution in [2.24, 2.45) is 0 Å². The van der Waals surface area contributed by atoms with E-state index >= 15 is 0 Å². The van der Waals surface area contributed by atoms with Crippen LogP contribution in [0.3, 0.4) is 0 Å². The molecule has 4 N–H and O–H groups in total. The topological polar surface area (TPSA) is 125 Å². The molecule has 10 heteroatoms. The Bertz CT molecular complexity index is 1480. The van der Waals surface area contributed by atoms with Crippen molar-refractivity contribution in [3.8, 4) is 22.4 Å². The molecule has 2 aromatic heterocycles. The summed E-state index contributed by atoms with van der Waals surface area (Å²) in [5.74, 6) is -1.90. The minimum atomic E-state index is -1.19. The summed E-state index contributed by atoms with van der Waals surface area (Å²) >= 11 is 0. The average Bonchev–Trinajstić information content (AvgIpc) is 3.28. The average molecular weight is 584 g/mol. The number of halogens is 1. The van der Waals surface area contributed by atoms with Crippen LogP contribution in [0.4, 0.5) is 10.1 Å². The second-order valence-corrected chi connectivity index (χ2v) is 10.2. The number of pyridine rings is 1. The van der Waals surface area contributed by atoms with E-state index in [1.54, 1.807) is 36.5 Å². The van der Waals surface area contributed by atoms with Crippen LogP contribution >= 0.6 is 0 Å². The number of aliphatic hydroxyl groups excluding tert-OH is 2. The molecule has 2 atom stereocenters. The number of carboxylic acid groups (broad SMARTS) is 1. The summed E-state index contributed by atoms with van der Waals surface area (Å²) in [6.45, 7) is 3.90. The van der Waals surface area contributed by atoms with Crippen molar-refractivity contribution >= 4 is 47.1 Å². The molecule has 216 valence electrons. The molecular formula is C32H35FN3NaO5. The van der Waals surface area contributed by atoms with Gasteiger partial charge in [-0.2, -0.15) is 0 Å². The van der Waals surface area contributed by atoms with Crippen LogP contribution < -0.4 is 5.32 Å². The van der Waals surface area contributed by atoms with Crippen molar-refractivity contribution in [1.82, 2.24) is 9.55 Å². The van der Waals surface area contributed by atoms with Crippen LogP contribution in [0.2, 0.25) is 0 Å². The number of carboxylic acids is 1. The summed E-state index contributed by atoms with van der Waals surface area (Å²) in [6, 6.07) is 20.3. The third kappa shape index (κ3) is 8.14. The number of nitrogens with zero attached hydrogens (tertiary/aromatic N) is 2. The van der Waals surface area contributed by atoms with Crippen LogP contribution in [0.1, 0.15) is 55.3 Å². The molecule has 0 saturated carbocycles. The number of nitrogens with one attached hydrogen (secondary N) is 1. The number of carbonyl (C=O) groups is 2. The Morgan fingerprint density at radius 1 is 0.929 bits per heavy atom. The Hall–Kier alpha value is -3.34. The summed E-state index contributed by atoms with van der Waals surface area (Å²) in [4.78, 5) is 29.6. The van der Waals surface area contributed by atoms with Gasteiger partial charge in [0.25, 0.3) is 5.91 Å². The van der Waals surface area contributed by atoms with Gasteiger partial charge < -0.3 is 25.2 Å². The van der Waals surface area contributed by atoms with Gasteiger partial charge in [0.05, 0.1) is 24.3 Å². The maximum absolute atomic E-state index is 14.0. The quantitative estimate of drug-likeness (QED) is 0.173. The number of anilines is 1. The molecule has 0 saturated heterocycles. The molecule has 4 aromatic rings. The van der Waals surface area contributed by atoms with Crippen LogP contribution in [-0.2, 0) is 11.2 Å². The maximum atomic E-state index is 14.0. The van der Waals surface area contributed by atoms with Gasteiger partial charge in [-0.3, -0.25) is 14.6 Å². The minimum absolute atomic E-state index is 0. The number of carbonyl (C=O) groups excluding carboxylic acids is 1. The molecular weight excluding hydrogens is 548 g/mol. The van der Waals surface area contributed by atoms with Crippen molar-refractivity contribution in [3.05, 3.63) is 96.2 Å². The van der Waals surface area contributed by atoms with E-state index in [1.165, 1.54) is 12.1 Å². The number of hydrogen-bond acceptors (Lipinski definition) is 5. The molecule has 0 spiro atoms. The fourth-order valence-corrected chi connectivity index (χ4v) is 5.10. The van der Waals surface area contributed by atoms with Gasteiger partial charge in [-0.15, -0.1) is 0 Å². The molecule has 4 rings (SSSR count). The normalized spacial score (nSPS) is 12.4. The SMILES string of the molecule is CC(C)n1c(CC[C@@H](O)C[C@@H](O)CC(=O)O)c(-c2ccc(F)cc2)c(-c2ccccn2)c1C(=O)Nc1ccccc1.[NaH]. The van der Waals surface area contributed by atoms with E-state index < -0.39 is 30.4 Å². The third-order valence-electron chi connectivity index (χ3n) is 6.79. The van der Waals surface area contributed by atoms with Crippen molar-refractivity contribution in [1.29, 1.82) is 0 Å². The Balaban J connectivity index is 0.00000484. The number of benzene rings is 2. The number of aliphatic carboxylic acids is 1. The van der Waals surface area contributed by atoms with Crippen LogP contribution in [0.15, 0.2) is 79.0 Å². The third-order valence-corrected chi connectivity index (χ3v) is 6.79. The molecule has 0 unspecified atom stereocenters. The van der Waals surface area contributed by atoms with Crippen molar-refractivity contribution in [2.45, 2.75) is 57.8 Å². The van der Waals surface area contributed by atoms with E-state index in [0.29, 0.717) is 40.2 Å². The van der Waals surface area contributed by atoms with E-state index in [4.69, 9.17) is 5.11 Å². The molecule has 42 heavy (non-hydrogen) atoms. The molecule has 1 amide bonds. The fourth-order valence-electron chi connectivity index (χ4n) is 5.10. The number of hydrogen-bond donors (Lipinski definition) is 4. The first kappa shape index (κ1) is 33.2. The molecule has 0 fully saturated rings. The van der Waals surface area contributed by atoms with Crippen molar-refractivity contribution in [3.63, 3.8) is 0 Å². The number of aliphatic hydroxyl groups is 2. The number of para-hydroxylation sites is 1. The predicted molar refractivity (Wildman–Crippen MR) is 162 cm³/mol. The molecule has 0 bridgehead atoms. The second kappa shape index (κ2) is 15.2. The van der Waals surface area contributed by atoms with Gasteiger partial charge in [-0.05, 0) is 75.1 Å². The van der Waals surface area contributed by atoms with Crippen molar-refractivity contribution < 1.29 is 29.3 Å². The summed E-state index contributed by atoms with van der Waals surface area (Å²) in [5.41, 5.74) is 4.23. The second-order valence-electron chi connectivity index (χ2n) is 10.2. The molecule has 2 aromatic carbocycles. The van der Waals surface area contributed by atoms with Crippen molar-refractivity contribution in [2.75, 3.05) is 5.32 Å². The zero-order chi connectivity index (χ0) is 29.5. The number of amides is 1. The summed E-state index contributed by atoms with van der Waals surface area (Å²) in [7, 11) is 0. The van der Waals surface area contributed by atoms with E-state index in [-0.39, 0.29) is 54.3 Å². The number of rotatable bonds is 12. The van der Waals surface area contributed by atoms with Gasteiger partial charge in [-0.1, -0.05) is 36.4 Å². The van der Waals surface area contributed by atoms with Crippen LogP contribution in [0.5, 0.6) is 0 Å². The molecule has 0 aliphatic rings. The van der Waals surface area contributed by atoms with E-state index in [9.17, 15) is 24.2 Å². The summed E-state index contributed by atoms with van der Waals surface area (Å²) in [6.07, 6.45) is -0.605. The number of aromatic nitrogens is 2. The summed E-state index contributed by atoms with van der Waals surface area (Å²) in [5, 5.41) is 32.7. The first-order chi connectivity index (χ1) is 19.7. The Morgan fingerprint density at radius 3 is 2.19 bits per heavy atom. The Morgan fingerprint density at radius 2 is 1.60 bits per heavy atom. The first-order valence-electron chi connectivity index (χ1n) is 13.5. The monoisotopic (exact) mass is 583 g/mol. The molecule has 0 aliphatic heterocycles. The van der Waals surface area contributed by atoms with E-state index in [0.717, 1.165) is 5.69 Å². The van der Waals surface area contributed by atoms with Gasteiger partial charge in [0.15, 0.2) is 0 Å². The van der Waals surface area contributed by atoms with Gasteiger partial charge in [0.1, 0.15) is 11.5 Å². The standard InChI is InChI=1S/C32H34FN3O5.Na.H/c1-20(2)36-27(16-15-24(37)18-25(38)19-28(39)40)29(21-11-13-22(33)14-12-21)30(26-10-6-7-17-34-26)31(36)32(41)35-23-8-4-3-5-9-23;;/h3-14,17,20,24-25,37-38H,15-16,18-19H2,1-2H3,(H,35,41)(H,39,40);;/t24-,25-;;/m1../s1. The molecule has 0 aliphatic carbocycles. The fraction of sp³-hybridized carbons (Fsp3) is 0.281. The molecule has 2 heterocycles. The van der Waals surface area contributed by atoms with Crippen LogP contribution in [-0.4, -0.2) is 78.5 Å². The molecule has 8 nitrogen and oxygen atoms in total. The van der Waals surface area contributed by atoms with E-state index in [1.807, 2.05) is 48.7 Å². The van der Waals surface area contributed by atoms with E-state index in [2.05, 4.69) is 10.3 Å². The van der Waals surface area contributed by atoms with Gasteiger partial charge in [0.2, 0.25) is 0 Å². The Kier molecular flexibility index (Phi) is 12.0. The zero-order valence-corrected chi connectivity index (χ0v) is 23.0. The van der Waals surface area contributed by atoms with Gasteiger partial charge in [-0.25, -0.2) is 4.39 Å². The van der Waals surface area contributed by atoms with Crippen LogP contribution in [0, 0.1) is 5.82 Å². The predicted octanol–water partition coefficient (Wildman–Crippen LogP) is 5.06.